The molecule has 4 rings (SSSR count). The zero-order chi connectivity index (χ0) is 29.4. The summed E-state index contributed by atoms with van der Waals surface area (Å²) in [6, 6.07) is 20.3. The number of rotatable bonds is 12. The third-order valence-corrected chi connectivity index (χ3v) is 6.12. The van der Waals surface area contributed by atoms with E-state index in [-0.39, 0.29) is 12.4 Å². The van der Waals surface area contributed by atoms with E-state index in [1.807, 2.05) is 31.2 Å². The molecular weight excluding hydrogens is 526 g/mol. The lowest BCUT2D eigenvalue weighted by atomic mass is 10.2. The normalized spacial score (nSPS) is 11.7. The Labute approximate surface area is 238 Å². The monoisotopic (exact) mass is 559 g/mol. The highest BCUT2D eigenvalue weighted by atomic mass is 16.6. The summed E-state index contributed by atoms with van der Waals surface area (Å²) in [5, 5.41) is 4.01. The minimum Gasteiger partial charge on any atom is -0.490 e. The number of esters is 1. The van der Waals surface area contributed by atoms with Gasteiger partial charge in [-0.05, 0) is 100.0 Å². The van der Waals surface area contributed by atoms with Crippen LogP contribution in [0.3, 0.4) is 0 Å². The van der Waals surface area contributed by atoms with E-state index < -0.39 is 18.0 Å². The van der Waals surface area contributed by atoms with Crippen LogP contribution >= 0.6 is 0 Å². The van der Waals surface area contributed by atoms with E-state index in [4.69, 9.17) is 23.4 Å². The molecule has 0 saturated heterocycles. The molecule has 2 aromatic heterocycles. The number of ether oxygens (including phenoxy) is 4. The van der Waals surface area contributed by atoms with Crippen molar-refractivity contribution in [3.63, 3.8) is 0 Å². The van der Waals surface area contributed by atoms with Crippen LogP contribution in [0, 0.1) is 13.8 Å². The third-order valence-electron chi connectivity index (χ3n) is 6.12. The van der Waals surface area contributed by atoms with Gasteiger partial charge in [0, 0.05) is 17.1 Å². The first kappa shape index (κ1) is 29.0. The first-order valence-electron chi connectivity index (χ1n) is 13.1. The van der Waals surface area contributed by atoms with Crippen molar-refractivity contribution in [2.45, 2.75) is 40.4 Å². The molecule has 2 aromatic carbocycles. The van der Waals surface area contributed by atoms with Crippen LogP contribution in [0.5, 0.6) is 17.2 Å². The Morgan fingerprint density at radius 1 is 0.976 bits per heavy atom. The summed E-state index contributed by atoms with van der Waals surface area (Å²) in [7, 11) is 1.30. The molecule has 1 atom stereocenters. The minimum absolute atomic E-state index is 0.102. The van der Waals surface area contributed by atoms with Gasteiger partial charge in [-0.25, -0.2) is 10.2 Å². The molecule has 10 nitrogen and oxygen atoms in total. The van der Waals surface area contributed by atoms with Gasteiger partial charge in [-0.15, -0.1) is 0 Å². The van der Waals surface area contributed by atoms with Crippen molar-refractivity contribution < 1.29 is 33.0 Å². The molecule has 1 amide bonds. The van der Waals surface area contributed by atoms with E-state index in [0.29, 0.717) is 35.2 Å². The molecule has 4 aromatic rings. The second-order valence-electron chi connectivity index (χ2n) is 9.12. The quantitative estimate of drug-likeness (QED) is 0.141. The number of amides is 1. The second kappa shape index (κ2) is 13.4. The third kappa shape index (κ3) is 7.36. The average Bonchev–Trinajstić information content (AvgIpc) is 3.59. The molecule has 0 aliphatic carbocycles. The molecule has 0 spiro atoms. The van der Waals surface area contributed by atoms with Crippen LogP contribution in [0.2, 0.25) is 0 Å². The lowest BCUT2D eigenvalue weighted by Gasteiger charge is -2.16. The van der Waals surface area contributed by atoms with Gasteiger partial charge in [-0.1, -0.05) is 0 Å². The molecule has 0 radical (unpaired) electrons. The molecule has 0 aliphatic rings. The minimum atomic E-state index is -0.800. The number of benzene rings is 2. The van der Waals surface area contributed by atoms with Gasteiger partial charge in [0.15, 0.2) is 23.4 Å². The van der Waals surface area contributed by atoms with Gasteiger partial charge < -0.3 is 27.9 Å². The Balaban J connectivity index is 1.31. The lowest BCUT2D eigenvalue weighted by molar-refractivity contribution is -0.147. The topological polar surface area (TPSA) is 114 Å². The van der Waals surface area contributed by atoms with Gasteiger partial charge in [-0.3, -0.25) is 4.79 Å². The van der Waals surface area contributed by atoms with Crippen LogP contribution in [-0.4, -0.2) is 42.5 Å². The van der Waals surface area contributed by atoms with Crippen LogP contribution in [0.25, 0.3) is 5.69 Å². The Kier molecular flexibility index (Phi) is 9.47. The van der Waals surface area contributed by atoms with Crippen molar-refractivity contribution in [3.05, 3.63) is 95.2 Å². The smallest absolute Gasteiger partial charge is 0.346 e. The lowest BCUT2D eigenvalue weighted by Crippen LogP contribution is -2.25. The highest BCUT2D eigenvalue weighted by molar-refractivity contribution is 5.92. The largest absolute Gasteiger partial charge is 0.490 e. The van der Waals surface area contributed by atoms with Crippen molar-refractivity contribution in [1.29, 1.82) is 0 Å². The van der Waals surface area contributed by atoms with Crippen LogP contribution in [-0.2, 0) is 16.1 Å². The number of hydrogen-bond donors (Lipinski definition) is 1. The summed E-state index contributed by atoms with van der Waals surface area (Å²) in [6.07, 6.45) is 0.660. The maximum atomic E-state index is 12.5. The number of carbonyl (C=O) groups is 2. The fraction of sp³-hybridized carbons (Fsp3) is 0.258. The van der Waals surface area contributed by atoms with Crippen LogP contribution in [0.1, 0.15) is 47.1 Å². The number of methoxy groups -OCH3 is 1. The van der Waals surface area contributed by atoms with Gasteiger partial charge in [-0.2, -0.15) is 5.10 Å². The molecule has 0 unspecified atom stereocenters. The molecule has 41 heavy (non-hydrogen) atoms. The molecule has 10 heteroatoms. The molecular formula is C31H33N3O7. The van der Waals surface area contributed by atoms with Crippen molar-refractivity contribution in [2.24, 2.45) is 5.10 Å². The predicted molar refractivity (Wildman–Crippen MR) is 153 cm³/mol. The number of aryl methyl sites for hydroxylation is 2. The van der Waals surface area contributed by atoms with E-state index in [0.717, 1.165) is 17.1 Å². The molecule has 0 bridgehead atoms. The van der Waals surface area contributed by atoms with E-state index in [9.17, 15) is 9.59 Å². The fourth-order valence-electron chi connectivity index (χ4n) is 4.09. The number of hydrazone groups is 1. The zero-order valence-electron chi connectivity index (χ0n) is 23.7. The number of aromatic nitrogens is 1. The number of furan rings is 1. The molecule has 2 heterocycles. The van der Waals surface area contributed by atoms with Crippen molar-refractivity contribution >= 4 is 18.1 Å². The number of hydrogen-bond acceptors (Lipinski definition) is 8. The van der Waals surface area contributed by atoms with E-state index in [2.05, 4.69) is 41.1 Å². The summed E-state index contributed by atoms with van der Waals surface area (Å²) in [4.78, 5) is 24.2. The number of carbonyl (C=O) groups excluding carboxylic acids is 2. The first-order valence-corrected chi connectivity index (χ1v) is 13.1. The Morgan fingerprint density at radius 3 is 2.39 bits per heavy atom. The summed E-state index contributed by atoms with van der Waals surface area (Å²) >= 11 is 0. The molecule has 214 valence electrons. The Hall–Kier alpha value is -4.99. The van der Waals surface area contributed by atoms with Gasteiger partial charge in [0.2, 0.25) is 0 Å². The van der Waals surface area contributed by atoms with Crippen molar-refractivity contribution in [3.8, 4) is 22.9 Å². The first-order chi connectivity index (χ1) is 19.8. The van der Waals surface area contributed by atoms with Crippen molar-refractivity contribution in [2.75, 3.05) is 13.7 Å². The molecule has 0 aliphatic heterocycles. The highest BCUT2D eigenvalue weighted by Gasteiger charge is 2.17. The maximum Gasteiger partial charge on any atom is 0.346 e. The van der Waals surface area contributed by atoms with Gasteiger partial charge in [0.05, 0.1) is 19.9 Å². The average molecular weight is 560 g/mol. The summed E-state index contributed by atoms with van der Waals surface area (Å²) in [5.74, 6) is 1.10. The number of nitrogens with one attached hydrogen (secondary N) is 1. The predicted octanol–water partition coefficient (Wildman–Crippen LogP) is 5.37. The molecule has 0 saturated carbocycles. The summed E-state index contributed by atoms with van der Waals surface area (Å²) < 4.78 is 29.6. The highest BCUT2D eigenvalue weighted by Crippen LogP contribution is 2.29. The SMILES string of the molecule is CCOc1cc(/C=N/NC(=O)c2ccc(COc3ccc(-n4c(C)ccc4C)cc3)o2)ccc1O[C@H](C)C(=O)OC. The number of nitrogens with zero attached hydrogens (tertiary/aromatic N) is 2. The van der Waals surface area contributed by atoms with Crippen LogP contribution < -0.4 is 19.6 Å². The molecule has 1 N–H and O–H groups in total. The van der Waals surface area contributed by atoms with E-state index >= 15 is 0 Å². The van der Waals surface area contributed by atoms with E-state index in [1.54, 1.807) is 37.3 Å². The van der Waals surface area contributed by atoms with E-state index in [1.165, 1.54) is 13.3 Å². The van der Waals surface area contributed by atoms with Gasteiger partial charge in [0.1, 0.15) is 18.1 Å². The van der Waals surface area contributed by atoms with Gasteiger partial charge in [0.25, 0.3) is 0 Å². The maximum absolute atomic E-state index is 12.5. The summed E-state index contributed by atoms with van der Waals surface area (Å²) in [6.45, 7) is 8.11. The van der Waals surface area contributed by atoms with Crippen LogP contribution in [0.4, 0.5) is 0 Å². The fourth-order valence-corrected chi connectivity index (χ4v) is 4.09. The standard InChI is InChI=1S/C31H33N3O7/c1-6-38-29-17-23(9-15-27(29)40-22(4)31(36)37-5)18-32-33-30(35)28-16-14-26(41-28)19-39-25-12-10-24(11-13-25)34-20(2)7-8-21(34)3/h7-18,22H,6,19H2,1-5H3,(H,33,35)/b32-18+/t22-/m1/s1. The van der Waals surface area contributed by atoms with Crippen LogP contribution in [0.15, 0.2) is 76.2 Å². The second-order valence-corrected chi connectivity index (χ2v) is 9.12. The zero-order valence-corrected chi connectivity index (χ0v) is 23.7. The Bertz CT molecular complexity index is 1500. The van der Waals surface area contributed by atoms with Gasteiger partial charge >= 0.3 is 11.9 Å². The molecule has 0 fully saturated rings. The summed E-state index contributed by atoms with van der Waals surface area (Å²) in [5.41, 5.74) is 6.47. The van der Waals surface area contributed by atoms with Crippen molar-refractivity contribution in [1.82, 2.24) is 9.99 Å². The Morgan fingerprint density at radius 2 is 1.71 bits per heavy atom.